The van der Waals surface area contributed by atoms with Crippen LogP contribution in [0, 0.1) is 12.8 Å². The number of benzene rings is 1. The number of aryl methyl sites for hydroxylation is 1. The van der Waals surface area contributed by atoms with Crippen LogP contribution >= 0.6 is 0 Å². The van der Waals surface area contributed by atoms with Gasteiger partial charge in [0.25, 0.3) is 0 Å². The van der Waals surface area contributed by atoms with Gasteiger partial charge in [0.15, 0.2) is 17.3 Å². The van der Waals surface area contributed by atoms with Crippen LogP contribution in [0.1, 0.15) is 25.0 Å². The van der Waals surface area contributed by atoms with E-state index < -0.39 is 15.4 Å². The minimum Gasteiger partial charge on any atom is -0.493 e. The number of aromatic nitrogens is 3. The lowest BCUT2D eigenvalue weighted by atomic mass is 9.72. The van der Waals surface area contributed by atoms with E-state index >= 15 is 0 Å². The lowest BCUT2D eigenvalue weighted by Gasteiger charge is -2.40. The van der Waals surface area contributed by atoms with Crippen LogP contribution in [-0.2, 0) is 20.2 Å². The van der Waals surface area contributed by atoms with Crippen molar-refractivity contribution in [2.75, 3.05) is 40.4 Å². The second kappa shape index (κ2) is 7.79. The van der Waals surface area contributed by atoms with Gasteiger partial charge in [0.05, 0.1) is 24.5 Å². The number of nitrogens with one attached hydrogen (secondary N) is 1. The molecule has 1 N–H and O–H groups in total. The maximum Gasteiger partial charge on any atom is 0.243 e. The van der Waals surface area contributed by atoms with Gasteiger partial charge in [0.1, 0.15) is 5.82 Å². The van der Waals surface area contributed by atoms with Crippen molar-refractivity contribution < 1.29 is 22.7 Å². The number of methoxy groups -OCH3 is 2. The van der Waals surface area contributed by atoms with Crippen molar-refractivity contribution >= 4 is 15.9 Å². The summed E-state index contributed by atoms with van der Waals surface area (Å²) in [5, 5.41) is 7.27. The standard InChI is InChI=1S/C20H27N5O5S/c1-13-21-19(23-22-13)20-7-8-25(11-15(20)10-24(12-20)14(2)26)31(27,28)16-5-6-17(29-3)18(9-16)30-4/h5-6,9,15H,7-8,10-12H2,1-4H3,(H,21,22,23)/t15-,20+/m0/s1. The Balaban J connectivity index is 1.66. The second-order valence-corrected chi connectivity index (χ2v) is 10.1. The number of hydrogen-bond acceptors (Lipinski definition) is 7. The summed E-state index contributed by atoms with van der Waals surface area (Å²) in [7, 11) is -0.783. The molecular weight excluding hydrogens is 422 g/mol. The van der Waals surface area contributed by atoms with Crippen molar-refractivity contribution in [3.05, 3.63) is 29.8 Å². The zero-order chi connectivity index (χ0) is 22.4. The quantitative estimate of drug-likeness (QED) is 0.722. The maximum absolute atomic E-state index is 13.4. The highest BCUT2D eigenvalue weighted by Crippen LogP contribution is 2.45. The van der Waals surface area contributed by atoms with Gasteiger partial charge >= 0.3 is 0 Å². The summed E-state index contributed by atoms with van der Waals surface area (Å²) in [6.45, 7) is 4.93. The fourth-order valence-corrected chi connectivity index (χ4v) is 6.17. The Labute approximate surface area is 181 Å². The lowest BCUT2D eigenvalue weighted by Crippen LogP contribution is -2.51. The molecule has 0 radical (unpaired) electrons. The van der Waals surface area contributed by atoms with E-state index in [-0.39, 0.29) is 23.3 Å². The summed E-state index contributed by atoms with van der Waals surface area (Å²) < 4.78 is 38.8. The van der Waals surface area contributed by atoms with E-state index in [1.54, 1.807) is 11.0 Å². The predicted octanol–water partition coefficient (Wildman–Crippen LogP) is 0.941. The summed E-state index contributed by atoms with van der Waals surface area (Å²) in [4.78, 5) is 18.6. The lowest BCUT2D eigenvalue weighted by molar-refractivity contribution is -0.128. The molecule has 2 aromatic rings. The van der Waals surface area contributed by atoms with Gasteiger partial charge in [0, 0.05) is 45.1 Å². The molecule has 0 saturated carbocycles. The topological polar surface area (TPSA) is 118 Å². The summed E-state index contributed by atoms with van der Waals surface area (Å²) in [5.41, 5.74) is -0.458. The SMILES string of the molecule is COc1ccc(S(=O)(=O)N2CC[C@@]3(c4n[nH]c(C)n4)CN(C(C)=O)C[C@H]3C2)cc1OC. The fraction of sp³-hybridized carbons (Fsp3) is 0.550. The summed E-state index contributed by atoms with van der Waals surface area (Å²) in [5.74, 6) is 2.04. The Morgan fingerprint density at radius 3 is 2.58 bits per heavy atom. The number of likely N-dealkylation sites (tertiary alicyclic amines) is 1. The molecule has 1 aromatic carbocycles. The van der Waals surface area contributed by atoms with E-state index in [0.717, 1.165) is 0 Å². The molecule has 11 heteroatoms. The smallest absolute Gasteiger partial charge is 0.243 e. The first-order valence-corrected chi connectivity index (χ1v) is 11.5. The van der Waals surface area contributed by atoms with Gasteiger partial charge in [-0.3, -0.25) is 9.89 Å². The number of fused-ring (bicyclic) bond motifs is 1. The molecule has 168 valence electrons. The zero-order valence-corrected chi connectivity index (χ0v) is 18.9. The highest BCUT2D eigenvalue weighted by atomic mass is 32.2. The van der Waals surface area contributed by atoms with E-state index in [1.165, 1.54) is 37.6 Å². The number of rotatable bonds is 5. The van der Waals surface area contributed by atoms with Gasteiger partial charge in [-0.15, -0.1) is 0 Å². The highest BCUT2D eigenvalue weighted by molar-refractivity contribution is 7.89. The number of amides is 1. The van der Waals surface area contributed by atoms with E-state index in [4.69, 9.17) is 9.47 Å². The number of nitrogens with zero attached hydrogens (tertiary/aromatic N) is 4. The van der Waals surface area contributed by atoms with Crippen LogP contribution in [-0.4, -0.2) is 79.1 Å². The molecule has 1 aromatic heterocycles. The van der Waals surface area contributed by atoms with E-state index in [0.29, 0.717) is 49.2 Å². The predicted molar refractivity (Wildman–Crippen MR) is 111 cm³/mol. The Bertz CT molecular complexity index is 1100. The Morgan fingerprint density at radius 2 is 1.97 bits per heavy atom. The third-order valence-electron chi connectivity index (χ3n) is 6.41. The molecule has 2 atom stereocenters. The van der Waals surface area contributed by atoms with Crippen molar-refractivity contribution in [2.45, 2.75) is 30.6 Å². The van der Waals surface area contributed by atoms with Crippen LogP contribution in [0.25, 0.3) is 0 Å². The summed E-state index contributed by atoms with van der Waals surface area (Å²) in [6.07, 6.45) is 0.533. The molecule has 4 rings (SSSR count). The van der Waals surface area contributed by atoms with Crippen LogP contribution < -0.4 is 9.47 Å². The van der Waals surface area contributed by atoms with Crippen molar-refractivity contribution in [3.8, 4) is 11.5 Å². The monoisotopic (exact) mass is 449 g/mol. The number of H-pyrrole nitrogens is 1. The first-order chi connectivity index (χ1) is 14.7. The molecule has 0 unspecified atom stereocenters. The molecule has 0 aliphatic carbocycles. The van der Waals surface area contributed by atoms with Crippen LogP contribution in [0.4, 0.5) is 0 Å². The minimum absolute atomic E-state index is 0.0321. The molecular formula is C20H27N5O5S. The molecule has 10 nitrogen and oxygen atoms in total. The maximum atomic E-state index is 13.4. The average Bonchev–Trinajstić information content (AvgIpc) is 3.37. The van der Waals surface area contributed by atoms with E-state index in [2.05, 4.69) is 15.2 Å². The van der Waals surface area contributed by atoms with Crippen LogP contribution in [0.2, 0.25) is 0 Å². The Kier molecular flexibility index (Phi) is 5.42. The summed E-state index contributed by atoms with van der Waals surface area (Å²) >= 11 is 0. The third kappa shape index (κ3) is 3.55. The molecule has 0 spiro atoms. The first kappa shape index (κ1) is 21.6. The van der Waals surface area contributed by atoms with Crippen molar-refractivity contribution in [3.63, 3.8) is 0 Å². The number of hydrogen-bond donors (Lipinski definition) is 1. The van der Waals surface area contributed by atoms with Crippen LogP contribution in [0.15, 0.2) is 23.1 Å². The first-order valence-electron chi connectivity index (χ1n) is 10.1. The van der Waals surface area contributed by atoms with Gasteiger partial charge < -0.3 is 14.4 Å². The molecule has 0 bridgehead atoms. The minimum atomic E-state index is -3.75. The number of ether oxygens (including phenoxy) is 2. The number of carbonyl (C=O) groups excluding carboxylic acids is 1. The molecule has 2 saturated heterocycles. The highest BCUT2D eigenvalue weighted by Gasteiger charge is 2.55. The van der Waals surface area contributed by atoms with Gasteiger partial charge in [-0.1, -0.05) is 0 Å². The molecule has 2 aliphatic heterocycles. The van der Waals surface area contributed by atoms with Crippen molar-refractivity contribution in [1.29, 1.82) is 0 Å². The second-order valence-electron chi connectivity index (χ2n) is 8.13. The number of aromatic amines is 1. The Hall–Kier alpha value is -2.66. The number of carbonyl (C=O) groups is 1. The molecule has 1 amide bonds. The van der Waals surface area contributed by atoms with Gasteiger partial charge in [-0.05, 0) is 25.5 Å². The van der Waals surface area contributed by atoms with E-state index in [9.17, 15) is 13.2 Å². The number of sulfonamides is 1. The van der Waals surface area contributed by atoms with Gasteiger partial charge in [-0.2, -0.15) is 9.40 Å². The van der Waals surface area contributed by atoms with Crippen LogP contribution in [0.3, 0.4) is 0 Å². The van der Waals surface area contributed by atoms with Crippen LogP contribution in [0.5, 0.6) is 11.5 Å². The third-order valence-corrected chi connectivity index (χ3v) is 8.27. The zero-order valence-electron chi connectivity index (χ0n) is 18.1. The normalized spacial score (nSPS) is 24.1. The van der Waals surface area contributed by atoms with Gasteiger partial charge in [0.2, 0.25) is 15.9 Å². The average molecular weight is 450 g/mol. The molecule has 3 heterocycles. The fourth-order valence-electron chi connectivity index (χ4n) is 4.67. The molecule has 2 aliphatic rings. The van der Waals surface area contributed by atoms with Crippen molar-refractivity contribution in [1.82, 2.24) is 24.4 Å². The number of piperidine rings is 1. The van der Waals surface area contributed by atoms with Crippen molar-refractivity contribution in [2.24, 2.45) is 5.92 Å². The summed E-state index contributed by atoms with van der Waals surface area (Å²) in [6, 6.07) is 4.59. The largest absolute Gasteiger partial charge is 0.493 e. The van der Waals surface area contributed by atoms with Gasteiger partial charge in [-0.25, -0.2) is 13.4 Å². The molecule has 2 fully saturated rings. The molecule has 31 heavy (non-hydrogen) atoms. The Morgan fingerprint density at radius 1 is 1.23 bits per heavy atom. The van der Waals surface area contributed by atoms with E-state index in [1.807, 2.05) is 6.92 Å².